The van der Waals surface area contributed by atoms with E-state index >= 15 is 0 Å². The monoisotopic (exact) mass is 211 g/mol. The van der Waals surface area contributed by atoms with Crippen LogP contribution in [0.3, 0.4) is 0 Å². The molecule has 0 aromatic carbocycles. The molecular weight excluding hydrogens is 202 g/mol. The molecular formula is C9H9NOS2. The van der Waals surface area contributed by atoms with Gasteiger partial charge >= 0.3 is 0 Å². The van der Waals surface area contributed by atoms with E-state index in [0.717, 1.165) is 4.88 Å². The summed E-state index contributed by atoms with van der Waals surface area (Å²) in [4.78, 5) is 8.31. The van der Waals surface area contributed by atoms with Crippen molar-refractivity contribution in [2.75, 3.05) is 0 Å². The van der Waals surface area contributed by atoms with E-state index in [2.05, 4.69) is 28.4 Å². The summed E-state index contributed by atoms with van der Waals surface area (Å²) in [5.41, 5.74) is 0. The highest BCUT2D eigenvalue weighted by molar-refractivity contribution is 7.21. The number of hydrogen-bond acceptors (Lipinski definition) is 4. The Bertz CT molecular complexity index is 367. The van der Waals surface area contributed by atoms with Crippen molar-refractivity contribution in [3.05, 3.63) is 34.5 Å². The van der Waals surface area contributed by atoms with Gasteiger partial charge in [0.1, 0.15) is 6.61 Å². The van der Waals surface area contributed by atoms with Crippen LogP contribution in [0.5, 0.6) is 0 Å². The van der Waals surface area contributed by atoms with Gasteiger partial charge in [-0.1, -0.05) is 6.07 Å². The van der Waals surface area contributed by atoms with Crippen molar-refractivity contribution in [2.45, 2.75) is 6.61 Å². The Morgan fingerprint density at radius 1 is 1.23 bits per heavy atom. The van der Waals surface area contributed by atoms with Gasteiger partial charge in [-0.2, -0.15) is 0 Å². The molecule has 68 valence electrons. The quantitative estimate of drug-likeness (QED) is 0.792. The maximum Gasteiger partial charge on any atom is 0.102 e. The minimum absolute atomic E-state index is 0.496. The minimum Gasteiger partial charge on any atom is -0.299 e. The second-order valence-corrected chi connectivity index (χ2v) is 4.67. The van der Waals surface area contributed by atoms with E-state index in [4.69, 9.17) is 5.90 Å². The van der Waals surface area contributed by atoms with Gasteiger partial charge in [-0.05, 0) is 23.6 Å². The van der Waals surface area contributed by atoms with Crippen molar-refractivity contribution in [1.29, 1.82) is 0 Å². The first-order chi connectivity index (χ1) is 6.40. The number of rotatable bonds is 3. The highest BCUT2D eigenvalue weighted by Crippen LogP contribution is 2.31. The Kier molecular flexibility index (Phi) is 2.75. The molecule has 0 aliphatic heterocycles. The second kappa shape index (κ2) is 4.02. The third kappa shape index (κ3) is 1.97. The number of hydrogen-bond donors (Lipinski definition) is 1. The van der Waals surface area contributed by atoms with E-state index in [0.29, 0.717) is 6.61 Å². The predicted octanol–water partition coefficient (Wildman–Crippen LogP) is 2.87. The SMILES string of the molecule is NOCc1ccc(-c2cccs2)s1. The molecule has 2 heterocycles. The van der Waals surface area contributed by atoms with Crippen LogP contribution < -0.4 is 5.90 Å². The molecule has 2 rings (SSSR count). The Morgan fingerprint density at radius 2 is 2.15 bits per heavy atom. The summed E-state index contributed by atoms with van der Waals surface area (Å²) >= 11 is 3.47. The highest BCUT2D eigenvalue weighted by Gasteiger charge is 2.02. The van der Waals surface area contributed by atoms with E-state index in [1.165, 1.54) is 9.75 Å². The topological polar surface area (TPSA) is 35.2 Å². The lowest BCUT2D eigenvalue weighted by molar-refractivity contribution is 0.126. The van der Waals surface area contributed by atoms with Crippen LogP contribution in [0.15, 0.2) is 29.6 Å². The Hall–Kier alpha value is -0.680. The Morgan fingerprint density at radius 3 is 2.85 bits per heavy atom. The van der Waals surface area contributed by atoms with Gasteiger partial charge < -0.3 is 0 Å². The molecule has 0 radical (unpaired) electrons. The maximum absolute atomic E-state index is 5.00. The van der Waals surface area contributed by atoms with Crippen LogP contribution >= 0.6 is 22.7 Å². The van der Waals surface area contributed by atoms with Crippen molar-refractivity contribution in [3.63, 3.8) is 0 Å². The van der Waals surface area contributed by atoms with Crippen molar-refractivity contribution in [3.8, 4) is 9.75 Å². The molecule has 0 aliphatic carbocycles. The van der Waals surface area contributed by atoms with Crippen molar-refractivity contribution in [1.82, 2.24) is 0 Å². The molecule has 0 saturated carbocycles. The Labute approximate surface area is 84.5 Å². The van der Waals surface area contributed by atoms with E-state index in [1.54, 1.807) is 22.7 Å². The average molecular weight is 211 g/mol. The second-order valence-electron chi connectivity index (χ2n) is 2.55. The standard InChI is InChI=1S/C9H9NOS2/c10-11-6-7-3-4-9(13-7)8-2-1-5-12-8/h1-5H,6,10H2. The molecule has 2 nitrogen and oxygen atoms in total. The molecule has 0 fully saturated rings. The average Bonchev–Trinajstić information content (AvgIpc) is 2.70. The lowest BCUT2D eigenvalue weighted by Crippen LogP contribution is -1.96. The van der Waals surface area contributed by atoms with Crippen molar-refractivity contribution >= 4 is 22.7 Å². The van der Waals surface area contributed by atoms with Gasteiger partial charge in [0.2, 0.25) is 0 Å². The van der Waals surface area contributed by atoms with Gasteiger partial charge in [0, 0.05) is 14.6 Å². The lowest BCUT2D eigenvalue weighted by atomic mass is 10.4. The lowest BCUT2D eigenvalue weighted by Gasteiger charge is -1.91. The minimum atomic E-state index is 0.496. The van der Waals surface area contributed by atoms with Gasteiger partial charge in [0.25, 0.3) is 0 Å². The van der Waals surface area contributed by atoms with Crippen molar-refractivity contribution < 1.29 is 4.84 Å². The van der Waals surface area contributed by atoms with Crippen LogP contribution in [0.2, 0.25) is 0 Å². The van der Waals surface area contributed by atoms with Crippen LogP contribution in [0.1, 0.15) is 4.88 Å². The summed E-state index contributed by atoms with van der Waals surface area (Å²) in [5, 5.41) is 2.08. The van der Waals surface area contributed by atoms with E-state index in [1.807, 2.05) is 6.07 Å². The molecule has 2 N–H and O–H groups in total. The van der Waals surface area contributed by atoms with Crippen LogP contribution in [-0.4, -0.2) is 0 Å². The third-order valence-electron chi connectivity index (χ3n) is 1.65. The molecule has 4 heteroatoms. The summed E-state index contributed by atoms with van der Waals surface area (Å²) in [6, 6.07) is 8.32. The zero-order chi connectivity index (χ0) is 9.10. The fourth-order valence-electron chi connectivity index (χ4n) is 1.09. The zero-order valence-corrected chi connectivity index (χ0v) is 8.53. The first kappa shape index (κ1) is 8.90. The summed E-state index contributed by atoms with van der Waals surface area (Å²) in [6.45, 7) is 0.496. The molecule has 0 saturated heterocycles. The highest BCUT2D eigenvalue weighted by atomic mass is 32.1. The largest absolute Gasteiger partial charge is 0.299 e. The number of thiophene rings is 2. The van der Waals surface area contributed by atoms with E-state index < -0.39 is 0 Å². The van der Waals surface area contributed by atoms with Gasteiger partial charge in [-0.15, -0.1) is 22.7 Å². The molecule has 13 heavy (non-hydrogen) atoms. The van der Waals surface area contributed by atoms with Gasteiger partial charge in [0.05, 0.1) is 0 Å². The summed E-state index contributed by atoms with van der Waals surface area (Å²) < 4.78 is 0. The van der Waals surface area contributed by atoms with Gasteiger partial charge in [-0.3, -0.25) is 4.84 Å². The first-order valence-electron chi connectivity index (χ1n) is 3.84. The Balaban J connectivity index is 2.23. The molecule has 0 atom stereocenters. The fraction of sp³-hybridized carbons (Fsp3) is 0.111. The summed E-state index contributed by atoms with van der Waals surface area (Å²) in [7, 11) is 0. The zero-order valence-electron chi connectivity index (χ0n) is 6.90. The first-order valence-corrected chi connectivity index (χ1v) is 5.54. The predicted molar refractivity (Wildman–Crippen MR) is 56.6 cm³/mol. The normalized spacial score (nSPS) is 10.5. The fourth-order valence-corrected chi connectivity index (χ4v) is 2.85. The molecule has 0 aliphatic rings. The van der Waals surface area contributed by atoms with Crippen LogP contribution in [0.25, 0.3) is 9.75 Å². The van der Waals surface area contributed by atoms with Gasteiger partial charge in [-0.25, -0.2) is 5.90 Å². The third-order valence-corrected chi connectivity index (χ3v) is 3.78. The van der Waals surface area contributed by atoms with Crippen LogP contribution in [-0.2, 0) is 11.4 Å². The van der Waals surface area contributed by atoms with E-state index in [9.17, 15) is 0 Å². The van der Waals surface area contributed by atoms with Gasteiger partial charge in [0.15, 0.2) is 0 Å². The smallest absolute Gasteiger partial charge is 0.102 e. The molecule has 0 unspecified atom stereocenters. The molecule has 2 aromatic rings. The summed E-state index contributed by atoms with van der Waals surface area (Å²) in [5.74, 6) is 5.00. The number of nitrogens with two attached hydrogens (primary N) is 1. The van der Waals surface area contributed by atoms with Crippen LogP contribution in [0, 0.1) is 0 Å². The molecule has 0 spiro atoms. The van der Waals surface area contributed by atoms with Crippen molar-refractivity contribution in [2.24, 2.45) is 5.90 Å². The molecule has 0 amide bonds. The molecule has 0 bridgehead atoms. The van der Waals surface area contributed by atoms with Crippen LogP contribution in [0.4, 0.5) is 0 Å². The summed E-state index contributed by atoms with van der Waals surface area (Å²) in [6.07, 6.45) is 0. The van der Waals surface area contributed by atoms with E-state index in [-0.39, 0.29) is 0 Å². The maximum atomic E-state index is 5.00. The molecule has 2 aromatic heterocycles.